The molecule has 0 aliphatic rings. The molecule has 0 atom stereocenters. The van der Waals surface area contributed by atoms with E-state index in [1.165, 1.54) is 34.1 Å². The molecule has 0 saturated heterocycles. The number of fused-ring (bicyclic) bond motifs is 1. The van der Waals surface area contributed by atoms with Gasteiger partial charge in [0.25, 0.3) is 0 Å². The highest BCUT2D eigenvalue weighted by Gasteiger charge is 2.10. The third-order valence-electron chi connectivity index (χ3n) is 4.16. The fraction of sp³-hybridized carbons (Fsp3) is 0.474. The van der Waals surface area contributed by atoms with E-state index in [1.807, 2.05) is 0 Å². The molecule has 0 unspecified atom stereocenters. The van der Waals surface area contributed by atoms with Crippen LogP contribution < -0.4 is 5.32 Å². The summed E-state index contributed by atoms with van der Waals surface area (Å²) >= 11 is 0. The number of rotatable bonds is 7. The number of nitrogens with one attached hydrogen (secondary N) is 1. The molecule has 2 nitrogen and oxygen atoms in total. The van der Waals surface area contributed by atoms with E-state index in [1.54, 1.807) is 0 Å². The molecule has 1 heterocycles. The van der Waals surface area contributed by atoms with Crippen LogP contribution in [-0.2, 0) is 13.1 Å². The molecular formula is C19H26N2. The van der Waals surface area contributed by atoms with Crippen LogP contribution in [0.3, 0.4) is 0 Å². The number of aromatic nitrogens is 1. The number of hydrogen-bond acceptors (Lipinski definition) is 1. The highest BCUT2D eigenvalue weighted by Crippen LogP contribution is 2.26. The minimum Gasteiger partial charge on any atom is -0.345 e. The van der Waals surface area contributed by atoms with Crippen molar-refractivity contribution in [2.24, 2.45) is 0 Å². The second kappa shape index (κ2) is 7.33. The Hall–Kier alpha value is -1.72. The van der Waals surface area contributed by atoms with Crippen molar-refractivity contribution in [3.8, 4) is 12.3 Å². The van der Waals surface area contributed by atoms with Crippen LogP contribution in [0.4, 0.5) is 0 Å². The highest BCUT2D eigenvalue weighted by molar-refractivity contribution is 5.86. The molecule has 112 valence electrons. The summed E-state index contributed by atoms with van der Waals surface area (Å²) in [4.78, 5) is 0. The Morgan fingerprint density at radius 3 is 2.81 bits per heavy atom. The van der Waals surface area contributed by atoms with Crippen LogP contribution in [0.25, 0.3) is 10.9 Å². The molecule has 1 aromatic carbocycles. The van der Waals surface area contributed by atoms with E-state index in [9.17, 15) is 0 Å². The Kier molecular flexibility index (Phi) is 5.47. The molecule has 0 radical (unpaired) electrons. The summed E-state index contributed by atoms with van der Waals surface area (Å²) in [5, 5.41) is 4.85. The van der Waals surface area contributed by atoms with E-state index >= 15 is 0 Å². The molecule has 1 aromatic heterocycles. The molecule has 0 fully saturated rings. The van der Waals surface area contributed by atoms with E-state index in [2.05, 4.69) is 54.8 Å². The predicted molar refractivity (Wildman–Crippen MR) is 91.5 cm³/mol. The predicted octanol–water partition coefficient (Wildman–Crippen LogP) is 4.17. The first-order valence-electron chi connectivity index (χ1n) is 7.91. The summed E-state index contributed by atoms with van der Waals surface area (Å²) in [6.45, 7) is 9.65. The average molecular weight is 282 g/mol. The Balaban J connectivity index is 2.27. The lowest BCUT2D eigenvalue weighted by molar-refractivity contribution is 0.659. The Morgan fingerprint density at radius 1 is 1.29 bits per heavy atom. The SMILES string of the molecule is C#CCCCn1c(C)c(C)c2cc(CNCCC)ccc21. The third-order valence-corrected chi connectivity index (χ3v) is 4.16. The molecule has 0 amide bonds. The molecule has 21 heavy (non-hydrogen) atoms. The topological polar surface area (TPSA) is 17.0 Å². The second-order valence-electron chi connectivity index (χ2n) is 5.70. The van der Waals surface area contributed by atoms with Crippen LogP contribution in [0.5, 0.6) is 0 Å². The molecule has 2 heteroatoms. The summed E-state index contributed by atoms with van der Waals surface area (Å²) in [6.07, 6.45) is 8.42. The zero-order chi connectivity index (χ0) is 15.2. The van der Waals surface area contributed by atoms with Crippen LogP contribution in [0.2, 0.25) is 0 Å². The Labute approximate surface area is 128 Å². The van der Waals surface area contributed by atoms with Crippen LogP contribution >= 0.6 is 0 Å². The molecule has 0 aliphatic heterocycles. The van der Waals surface area contributed by atoms with Gasteiger partial charge in [0.1, 0.15) is 0 Å². The summed E-state index contributed by atoms with van der Waals surface area (Å²) in [5.41, 5.74) is 5.45. The smallest absolute Gasteiger partial charge is 0.0485 e. The first-order valence-corrected chi connectivity index (χ1v) is 7.91. The van der Waals surface area contributed by atoms with E-state index < -0.39 is 0 Å². The Morgan fingerprint density at radius 2 is 2.10 bits per heavy atom. The molecule has 2 aromatic rings. The summed E-state index contributed by atoms with van der Waals surface area (Å²) in [7, 11) is 0. The van der Waals surface area contributed by atoms with Crippen molar-refractivity contribution in [1.29, 1.82) is 0 Å². The van der Waals surface area contributed by atoms with Gasteiger partial charge in [-0.25, -0.2) is 0 Å². The number of benzene rings is 1. The first-order chi connectivity index (χ1) is 10.2. The number of aryl methyl sites for hydroxylation is 2. The lowest BCUT2D eigenvalue weighted by Crippen LogP contribution is -2.13. The van der Waals surface area contributed by atoms with Crippen LogP contribution in [-0.4, -0.2) is 11.1 Å². The lowest BCUT2D eigenvalue weighted by atomic mass is 10.1. The van der Waals surface area contributed by atoms with Gasteiger partial charge in [-0.05, 0) is 56.5 Å². The van der Waals surface area contributed by atoms with E-state index in [-0.39, 0.29) is 0 Å². The van der Waals surface area contributed by atoms with Crippen LogP contribution in [0, 0.1) is 26.2 Å². The minimum atomic E-state index is 0.844. The maximum Gasteiger partial charge on any atom is 0.0485 e. The van der Waals surface area contributed by atoms with Crippen molar-refractivity contribution in [1.82, 2.24) is 9.88 Å². The number of terminal acetylenes is 1. The number of nitrogens with zero attached hydrogens (tertiary/aromatic N) is 1. The molecule has 0 saturated carbocycles. The average Bonchev–Trinajstić information content (AvgIpc) is 2.73. The quantitative estimate of drug-likeness (QED) is 0.596. The van der Waals surface area contributed by atoms with Crippen molar-refractivity contribution in [3.63, 3.8) is 0 Å². The van der Waals surface area contributed by atoms with Gasteiger partial charge in [0.05, 0.1) is 0 Å². The van der Waals surface area contributed by atoms with Gasteiger partial charge < -0.3 is 9.88 Å². The van der Waals surface area contributed by atoms with Gasteiger partial charge in [-0.2, -0.15) is 0 Å². The van der Waals surface area contributed by atoms with Crippen molar-refractivity contribution in [2.45, 2.75) is 53.1 Å². The van der Waals surface area contributed by atoms with Gasteiger partial charge in [-0.1, -0.05) is 13.0 Å². The second-order valence-corrected chi connectivity index (χ2v) is 5.70. The lowest BCUT2D eigenvalue weighted by Gasteiger charge is -2.08. The van der Waals surface area contributed by atoms with Crippen LogP contribution in [0.15, 0.2) is 18.2 Å². The monoisotopic (exact) mass is 282 g/mol. The fourth-order valence-electron chi connectivity index (χ4n) is 2.84. The first kappa shape index (κ1) is 15.7. The Bertz CT molecular complexity index is 644. The minimum absolute atomic E-state index is 0.844. The zero-order valence-corrected chi connectivity index (χ0v) is 13.5. The van der Waals surface area contributed by atoms with Gasteiger partial charge in [-0.15, -0.1) is 12.3 Å². The maximum atomic E-state index is 5.36. The zero-order valence-electron chi connectivity index (χ0n) is 13.5. The van der Waals surface area contributed by atoms with Crippen molar-refractivity contribution < 1.29 is 0 Å². The van der Waals surface area contributed by atoms with Crippen molar-refractivity contribution in [2.75, 3.05) is 6.54 Å². The normalized spacial score (nSPS) is 11.0. The largest absolute Gasteiger partial charge is 0.345 e. The third kappa shape index (κ3) is 3.49. The van der Waals surface area contributed by atoms with Gasteiger partial charge in [-0.3, -0.25) is 0 Å². The van der Waals surface area contributed by atoms with Gasteiger partial charge in [0.2, 0.25) is 0 Å². The molecule has 0 bridgehead atoms. The summed E-state index contributed by atoms with van der Waals surface area (Å²) in [6, 6.07) is 6.83. The number of hydrogen-bond donors (Lipinski definition) is 1. The summed E-state index contributed by atoms with van der Waals surface area (Å²) in [5.74, 6) is 2.73. The number of unbranched alkanes of at least 4 members (excludes halogenated alkanes) is 1. The summed E-state index contributed by atoms with van der Waals surface area (Å²) < 4.78 is 2.41. The van der Waals surface area contributed by atoms with Crippen LogP contribution in [0.1, 0.15) is 43.0 Å². The van der Waals surface area contributed by atoms with Gasteiger partial charge in [0, 0.05) is 36.1 Å². The van der Waals surface area contributed by atoms with Crippen molar-refractivity contribution in [3.05, 3.63) is 35.0 Å². The van der Waals surface area contributed by atoms with Gasteiger partial charge in [0.15, 0.2) is 0 Å². The van der Waals surface area contributed by atoms with Gasteiger partial charge >= 0.3 is 0 Å². The van der Waals surface area contributed by atoms with E-state index in [4.69, 9.17) is 6.42 Å². The van der Waals surface area contributed by atoms with Crippen molar-refractivity contribution >= 4 is 10.9 Å². The molecule has 2 rings (SSSR count). The fourth-order valence-corrected chi connectivity index (χ4v) is 2.84. The van der Waals surface area contributed by atoms with E-state index in [0.717, 1.165) is 32.5 Å². The highest BCUT2D eigenvalue weighted by atomic mass is 15.0. The molecule has 0 spiro atoms. The molecule has 0 aliphatic carbocycles. The maximum absolute atomic E-state index is 5.36. The molecule has 1 N–H and O–H groups in total. The van der Waals surface area contributed by atoms with E-state index in [0.29, 0.717) is 0 Å². The standard InChI is InChI=1S/C19H26N2/c1-5-7-8-12-21-16(4)15(3)18-13-17(9-10-19(18)21)14-20-11-6-2/h1,9-10,13,20H,6-8,11-12,14H2,2-4H3. The molecular weight excluding hydrogens is 256 g/mol.